The van der Waals surface area contributed by atoms with Gasteiger partial charge in [0.15, 0.2) is 0 Å². The van der Waals surface area contributed by atoms with Gasteiger partial charge < -0.3 is 22.7 Å². The zero-order valence-electron chi connectivity index (χ0n) is 6.32. The lowest BCUT2D eigenvalue weighted by Crippen LogP contribution is -2.30. The minimum absolute atomic E-state index is 0. The lowest BCUT2D eigenvalue weighted by Gasteiger charge is -2.02. The maximum absolute atomic E-state index is 10.0. The van der Waals surface area contributed by atoms with Gasteiger partial charge in [-0.25, -0.2) is 0 Å². The summed E-state index contributed by atoms with van der Waals surface area (Å²) in [6.07, 6.45) is 1.14. The van der Waals surface area contributed by atoms with Crippen molar-refractivity contribution in [3.63, 3.8) is 0 Å². The van der Waals surface area contributed by atoms with Gasteiger partial charge in [0.05, 0.1) is 0 Å². The van der Waals surface area contributed by atoms with Crippen molar-refractivity contribution >= 4 is 18.4 Å². The molecule has 0 aliphatic heterocycles. The van der Waals surface area contributed by atoms with Gasteiger partial charge in [-0.3, -0.25) is 4.79 Å². The molecular formula is C5H16ClN3O2. The zero-order valence-corrected chi connectivity index (χ0v) is 7.14. The molecule has 0 aromatic carbocycles. The maximum Gasteiger partial charge on any atom is 0.320 e. The average molecular weight is 186 g/mol. The fourth-order valence-electron chi connectivity index (χ4n) is 0.461. The van der Waals surface area contributed by atoms with Crippen molar-refractivity contribution < 1.29 is 9.90 Å². The van der Waals surface area contributed by atoms with Gasteiger partial charge >= 0.3 is 5.97 Å². The van der Waals surface area contributed by atoms with E-state index >= 15 is 0 Å². The van der Waals surface area contributed by atoms with Gasteiger partial charge in [0.25, 0.3) is 0 Å². The molecule has 0 aromatic heterocycles. The Morgan fingerprint density at radius 3 is 2.27 bits per heavy atom. The molecule has 0 fully saturated rings. The van der Waals surface area contributed by atoms with Crippen LogP contribution in [0.3, 0.4) is 0 Å². The average Bonchev–Trinajstić information content (AvgIpc) is 1.82. The Bertz CT molecular complexity index is 102. The van der Waals surface area contributed by atoms with Crippen LogP contribution in [-0.4, -0.2) is 23.7 Å². The monoisotopic (exact) mass is 185 g/mol. The number of carbonyl (C=O) groups is 1. The molecule has 1 atom stereocenters. The number of halogens is 1. The molecule has 0 aliphatic rings. The molecule has 0 rings (SSSR count). The minimum atomic E-state index is -0.955. The summed E-state index contributed by atoms with van der Waals surface area (Å²) in [5, 5.41) is 8.24. The van der Waals surface area contributed by atoms with E-state index in [1.54, 1.807) is 0 Å². The highest BCUT2D eigenvalue weighted by atomic mass is 35.5. The lowest BCUT2D eigenvalue weighted by molar-refractivity contribution is -0.138. The van der Waals surface area contributed by atoms with Gasteiger partial charge in [-0.1, -0.05) is 0 Å². The highest BCUT2D eigenvalue weighted by Gasteiger charge is 2.08. The summed E-state index contributed by atoms with van der Waals surface area (Å²) in [5.41, 5.74) is 10.3. The van der Waals surface area contributed by atoms with Crippen LogP contribution in [0.4, 0.5) is 0 Å². The molecule has 0 saturated carbocycles. The number of nitrogens with two attached hydrogens (primary N) is 2. The second-order valence-electron chi connectivity index (χ2n) is 1.88. The molecule has 6 heteroatoms. The van der Waals surface area contributed by atoms with E-state index in [2.05, 4.69) is 0 Å². The third kappa shape index (κ3) is 9.64. The van der Waals surface area contributed by atoms with E-state index in [1.807, 2.05) is 0 Å². The second-order valence-corrected chi connectivity index (χ2v) is 1.88. The molecule has 0 aliphatic carbocycles. The van der Waals surface area contributed by atoms with Crippen molar-refractivity contribution in [1.29, 1.82) is 0 Å². The Balaban J connectivity index is -0.000000320. The van der Waals surface area contributed by atoms with Gasteiger partial charge in [0.1, 0.15) is 6.04 Å². The van der Waals surface area contributed by atoms with Crippen LogP contribution in [0.15, 0.2) is 0 Å². The fraction of sp³-hybridized carbons (Fsp3) is 0.800. The third-order valence-electron chi connectivity index (χ3n) is 1.04. The number of aliphatic carboxylic acids is 1. The molecule has 0 unspecified atom stereocenters. The summed E-state index contributed by atoms with van der Waals surface area (Å²) in [4.78, 5) is 10.0. The van der Waals surface area contributed by atoms with E-state index in [4.69, 9.17) is 16.6 Å². The summed E-state index contributed by atoms with van der Waals surface area (Å²) < 4.78 is 0. The van der Waals surface area contributed by atoms with Gasteiger partial charge in [0, 0.05) is 0 Å². The van der Waals surface area contributed by atoms with Gasteiger partial charge in [-0.15, -0.1) is 12.4 Å². The molecule has 0 bridgehead atoms. The molecule has 0 heterocycles. The van der Waals surface area contributed by atoms with Crippen molar-refractivity contribution in [3.05, 3.63) is 0 Å². The molecule has 0 aromatic rings. The SMILES string of the molecule is Cl.N.NCCC[C@H](N)C(=O)O. The molecule has 0 saturated heterocycles. The van der Waals surface area contributed by atoms with Crippen LogP contribution < -0.4 is 17.6 Å². The van der Waals surface area contributed by atoms with Crippen molar-refractivity contribution in [3.8, 4) is 0 Å². The molecule has 0 spiro atoms. The highest BCUT2D eigenvalue weighted by molar-refractivity contribution is 5.85. The second kappa shape index (κ2) is 9.64. The molecular weight excluding hydrogens is 170 g/mol. The Labute approximate surface area is 72.1 Å². The first-order chi connectivity index (χ1) is 4.18. The Hall–Kier alpha value is -0.360. The Morgan fingerprint density at radius 2 is 2.00 bits per heavy atom. The predicted octanol–water partition coefficient (Wildman–Crippen LogP) is -0.279. The topological polar surface area (TPSA) is 124 Å². The summed E-state index contributed by atoms with van der Waals surface area (Å²) in [6, 6.07) is -0.742. The van der Waals surface area contributed by atoms with Crippen LogP contribution in [0.25, 0.3) is 0 Å². The molecule has 0 radical (unpaired) electrons. The van der Waals surface area contributed by atoms with Crippen molar-refractivity contribution in [1.82, 2.24) is 6.15 Å². The lowest BCUT2D eigenvalue weighted by atomic mass is 10.2. The first-order valence-electron chi connectivity index (χ1n) is 2.87. The van der Waals surface area contributed by atoms with Crippen LogP contribution >= 0.6 is 12.4 Å². The van der Waals surface area contributed by atoms with Gasteiger partial charge in [0.2, 0.25) is 0 Å². The molecule has 5 nitrogen and oxygen atoms in total. The normalized spacial score (nSPS) is 10.7. The number of hydrogen-bond acceptors (Lipinski definition) is 4. The van der Waals surface area contributed by atoms with Crippen LogP contribution in [-0.2, 0) is 4.79 Å². The zero-order chi connectivity index (χ0) is 7.28. The molecule has 70 valence electrons. The standard InChI is InChI=1S/C5H12N2O2.ClH.H3N/c6-3-1-2-4(7)5(8)9;;/h4H,1-3,6-7H2,(H,8,9);1H;1H3/t4-;;/m0../s1. The number of rotatable bonds is 4. The number of carboxylic acid groups (broad SMARTS) is 1. The summed E-state index contributed by atoms with van der Waals surface area (Å²) in [6.45, 7) is 0.501. The van der Waals surface area contributed by atoms with E-state index < -0.39 is 12.0 Å². The summed E-state index contributed by atoms with van der Waals surface area (Å²) in [5.74, 6) is -0.955. The Morgan fingerprint density at radius 1 is 1.55 bits per heavy atom. The quantitative estimate of drug-likeness (QED) is 0.480. The van der Waals surface area contributed by atoms with E-state index in [1.165, 1.54) is 0 Å². The molecule has 8 N–H and O–H groups in total. The first kappa shape index (κ1) is 16.9. The number of carboxylic acids is 1. The first-order valence-corrected chi connectivity index (χ1v) is 2.87. The van der Waals surface area contributed by atoms with Crippen LogP contribution in [0.1, 0.15) is 12.8 Å². The van der Waals surface area contributed by atoms with Crippen molar-refractivity contribution in [2.24, 2.45) is 11.5 Å². The fourth-order valence-corrected chi connectivity index (χ4v) is 0.461. The highest BCUT2D eigenvalue weighted by Crippen LogP contribution is 1.91. The molecule has 11 heavy (non-hydrogen) atoms. The van der Waals surface area contributed by atoms with Crippen LogP contribution in [0.2, 0.25) is 0 Å². The van der Waals surface area contributed by atoms with E-state index in [0.29, 0.717) is 19.4 Å². The Kier molecular flexibility index (Phi) is 14.8. The molecule has 0 amide bonds. The van der Waals surface area contributed by atoms with Gasteiger partial charge in [-0.05, 0) is 19.4 Å². The van der Waals surface area contributed by atoms with E-state index in [0.717, 1.165) is 0 Å². The van der Waals surface area contributed by atoms with Crippen LogP contribution in [0.5, 0.6) is 0 Å². The largest absolute Gasteiger partial charge is 0.480 e. The van der Waals surface area contributed by atoms with Crippen molar-refractivity contribution in [2.75, 3.05) is 6.54 Å². The van der Waals surface area contributed by atoms with Crippen molar-refractivity contribution in [2.45, 2.75) is 18.9 Å². The summed E-state index contributed by atoms with van der Waals surface area (Å²) >= 11 is 0. The van der Waals surface area contributed by atoms with Gasteiger partial charge in [-0.2, -0.15) is 0 Å². The summed E-state index contributed by atoms with van der Waals surface area (Å²) in [7, 11) is 0. The van der Waals surface area contributed by atoms with E-state index in [-0.39, 0.29) is 18.6 Å². The number of hydrogen-bond donors (Lipinski definition) is 4. The smallest absolute Gasteiger partial charge is 0.320 e. The predicted molar refractivity (Wildman–Crippen MR) is 46.2 cm³/mol. The van der Waals surface area contributed by atoms with E-state index in [9.17, 15) is 4.79 Å². The van der Waals surface area contributed by atoms with Crippen LogP contribution in [0, 0.1) is 0 Å². The maximum atomic E-state index is 10.0. The minimum Gasteiger partial charge on any atom is -0.480 e. The third-order valence-corrected chi connectivity index (χ3v) is 1.04.